The molecule has 3 nitrogen and oxygen atoms in total. The summed E-state index contributed by atoms with van der Waals surface area (Å²) in [6, 6.07) is 10.1. The van der Waals surface area contributed by atoms with Gasteiger partial charge in [-0.1, -0.05) is 30.3 Å². The van der Waals surface area contributed by atoms with Gasteiger partial charge in [0.2, 0.25) is 0 Å². The number of halogens is 2. The first-order chi connectivity index (χ1) is 9.84. The Labute approximate surface area is 122 Å². The van der Waals surface area contributed by atoms with Crippen LogP contribution in [-0.4, -0.2) is 13.7 Å². The molecule has 2 atom stereocenters. The molecule has 112 valence electrons. The molecule has 0 aliphatic rings. The first kappa shape index (κ1) is 15.6. The summed E-state index contributed by atoms with van der Waals surface area (Å²) in [5.74, 6) is -1.79. The molecule has 2 aromatic carbocycles. The number of rotatable bonds is 4. The van der Waals surface area contributed by atoms with E-state index >= 15 is 0 Å². The van der Waals surface area contributed by atoms with Crippen molar-refractivity contribution >= 4 is 9.84 Å². The van der Waals surface area contributed by atoms with Gasteiger partial charge in [0.1, 0.15) is 16.5 Å². The Kier molecular flexibility index (Phi) is 4.39. The van der Waals surface area contributed by atoms with Gasteiger partial charge < -0.3 is 5.73 Å². The molecule has 0 fully saturated rings. The molecule has 0 aromatic heterocycles. The topological polar surface area (TPSA) is 60.2 Å². The summed E-state index contributed by atoms with van der Waals surface area (Å²) in [5, 5.41) is -1.09. The van der Waals surface area contributed by atoms with Crippen LogP contribution < -0.4 is 5.73 Å². The summed E-state index contributed by atoms with van der Waals surface area (Å²) in [6.45, 7) is 1.39. The number of hydrogen-bond acceptors (Lipinski definition) is 3. The zero-order valence-corrected chi connectivity index (χ0v) is 12.1. The summed E-state index contributed by atoms with van der Waals surface area (Å²) in [7, 11) is -4.08. The van der Waals surface area contributed by atoms with Gasteiger partial charge in [-0.3, -0.25) is 0 Å². The first-order valence-electron chi connectivity index (χ1n) is 6.33. The Balaban J connectivity index is 2.41. The smallest absolute Gasteiger partial charge is 0.185 e. The third-order valence-electron chi connectivity index (χ3n) is 3.38. The van der Waals surface area contributed by atoms with Gasteiger partial charge in [-0.2, -0.15) is 0 Å². The highest BCUT2D eigenvalue weighted by molar-refractivity contribution is 7.92. The van der Waals surface area contributed by atoms with E-state index in [9.17, 15) is 17.2 Å². The maximum atomic E-state index is 13.7. The van der Waals surface area contributed by atoms with Crippen molar-refractivity contribution in [3.8, 4) is 0 Å². The van der Waals surface area contributed by atoms with E-state index in [0.29, 0.717) is 11.6 Å². The predicted molar refractivity (Wildman–Crippen MR) is 76.4 cm³/mol. The first-order valence-corrected chi connectivity index (χ1v) is 7.88. The molecule has 0 radical (unpaired) electrons. The van der Waals surface area contributed by atoms with Crippen molar-refractivity contribution in [2.45, 2.75) is 23.1 Å². The van der Waals surface area contributed by atoms with Crippen molar-refractivity contribution in [3.63, 3.8) is 0 Å². The lowest BCUT2D eigenvalue weighted by atomic mass is 10.1. The lowest BCUT2D eigenvalue weighted by Crippen LogP contribution is -2.31. The number of hydrogen-bond donors (Lipinski definition) is 1. The second-order valence-corrected chi connectivity index (χ2v) is 7.03. The normalized spacial score (nSPS) is 14.7. The van der Waals surface area contributed by atoms with Crippen LogP contribution in [-0.2, 0) is 9.84 Å². The lowest BCUT2D eigenvalue weighted by Gasteiger charge is -2.21. The van der Waals surface area contributed by atoms with Gasteiger partial charge in [-0.05, 0) is 30.7 Å². The molecule has 0 amide bonds. The molecule has 0 heterocycles. The van der Waals surface area contributed by atoms with E-state index in [4.69, 9.17) is 5.73 Å². The van der Waals surface area contributed by atoms with Gasteiger partial charge in [-0.15, -0.1) is 0 Å². The molecule has 2 N–H and O–H groups in total. The fraction of sp³-hybridized carbons (Fsp3) is 0.200. The summed E-state index contributed by atoms with van der Waals surface area (Å²) >= 11 is 0. The maximum Gasteiger partial charge on any atom is 0.185 e. The van der Waals surface area contributed by atoms with Gasteiger partial charge >= 0.3 is 0 Å². The molecule has 2 unspecified atom stereocenters. The molecule has 0 bridgehead atoms. The number of benzene rings is 2. The van der Waals surface area contributed by atoms with Gasteiger partial charge in [0, 0.05) is 6.04 Å². The van der Waals surface area contributed by atoms with Crippen LogP contribution >= 0.6 is 0 Å². The second-order valence-electron chi connectivity index (χ2n) is 4.76. The third-order valence-corrected chi connectivity index (χ3v) is 5.58. The van der Waals surface area contributed by atoms with Crippen LogP contribution in [0.2, 0.25) is 0 Å². The van der Waals surface area contributed by atoms with Crippen molar-refractivity contribution < 1.29 is 17.2 Å². The van der Waals surface area contributed by atoms with Gasteiger partial charge in [0.25, 0.3) is 0 Å². The molecule has 6 heteroatoms. The van der Waals surface area contributed by atoms with Crippen LogP contribution in [0.4, 0.5) is 8.78 Å². The zero-order chi connectivity index (χ0) is 15.6. The molecule has 0 spiro atoms. The number of sulfone groups is 1. The minimum absolute atomic E-state index is 0.616. The van der Waals surface area contributed by atoms with Crippen molar-refractivity contribution in [2.75, 3.05) is 0 Å². The highest BCUT2D eigenvalue weighted by atomic mass is 32.2. The Hall–Kier alpha value is -1.79. The molecule has 0 aliphatic carbocycles. The van der Waals surface area contributed by atoms with E-state index in [1.807, 2.05) is 0 Å². The number of nitrogens with two attached hydrogens (primary N) is 1. The van der Waals surface area contributed by atoms with E-state index in [1.165, 1.54) is 6.92 Å². The van der Waals surface area contributed by atoms with Crippen LogP contribution in [0.5, 0.6) is 0 Å². The van der Waals surface area contributed by atoms with Gasteiger partial charge in [-0.25, -0.2) is 17.2 Å². The van der Waals surface area contributed by atoms with Crippen molar-refractivity contribution in [1.82, 2.24) is 0 Å². The van der Waals surface area contributed by atoms with E-state index in [1.54, 1.807) is 30.3 Å². The second kappa shape index (κ2) is 5.91. The SMILES string of the molecule is CC(C(N)c1ccccc1)S(=O)(=O)c1cc(F)ccc1F. The predicted octanol–water partition coefficient (Wildman–Crippen LogP) is 2.83. The molecular formula is C15H15F2NO2S. The van der Waals surface area contributed by atoms with Crippen LogP contribution in [0.3, 0.4) is 0 Å². The molecule has 0 aliphatic heterocycles. The molecule has 21 heavy (non-hydrogen) atoms. The largest absolute Gasteiger partial charge is 0.323 e. The minimum Gasteiger partial charge on any atom is -0.323 e. The van der Waals surface area contributed by atoms with E-state index < -0.39 is 37.7 Å². The molecule has 0 saturated carbocycles. The van der Waals surface area contributed by atoms with Gasteiger partial charge in [0.05, 0.1) is 5.25 Å². The molecule has 0 saturated heterocycles. The third kappa shape index (κ3) is 3.11. The Morgan fingerprint density at radius 3 is 2.29 bits per heavy atom. The van der Waals surface area contributed by atoms with E-state index in [2.05, 4.69) is 0 Å². The zero-order valence-electron chi connectivity index (χ0n) is 11.3. The minimum atomic E-state index is -4.08. The Bertz CT molecular complexity index is 733. The van der Waals surface area contributed by atoms with E-state index in [-0.39, 0.29) is 0 Å². The standard InChI is InChI=1S/C15H15F2NO2S/c1-10(15(18)11-5-3-2-4-6-11)21(19,20)14-9-12(16)7-8-13(14)17/h2-10,15H,18H2,1H3. The average molecular weight is 311 g/mol. The molecular weight excluding hydrogens is 296 g/mol. The highest BCUT2D eigenvalue weighted by Crippen LogP contribution is 2.27. The molecule has 2 aromatic rings. The van der Waals surface area contributed by atoms with Crippen molar-refractivity contribution in [3.05, 3.63) is 65.7 Å². The maximum absolute atomic E-state index is 13.7. The summed E-state index contributed by atoms with van der Waals surface area (Å²) in [4.78, 5) is -0.665. The van der Waals surface area contributed by atoms with Crippen LogP contribution in [0.15, 0.2) is 53.4 Å². The fourth-order valence-electron chi connectivity index (χ4n) is 2.03. The lowest BCUT2D eigenvalue weighted by molar-refractivity contribution is 0.537. The average Bonchev–Trinajstić information content (AvgIpc) is 2.49. The Morgan fingerprint density at radius 1 is 1.05 bits per heavy atom. The Morgan fingerprint density at radius 2 is 1.67 bits per heavy atom. The quantitative estimate of drug-likeness (QED) is 0.944. The summed E-state index contributed by atoms with van der Waals surface area (Å²) in [5.41, 5.74) is 6.57. The molecule has 2 rings (SSSR count). The monoisotopic (exact) mass is 311 g/mol. The van der Waals surface area contributed by atoms with E-state index in [0.717, 1.165) is 12.1 Å². The summed E-state index contributed by atoms with van der Waals surface area (Å²) < 4.78 is 51.8. The van der Waals surface area contributed by atoms with Crippen LogP contribution in [0.1, 0.15) is 18.5 Å². The van der Waals surface area contributed by atoms with Gasteiger partial charge in [0.15, 0.2) is 9.84 Å². The summed E-state index contributed by atoms with van der Waals surface area (Å²) in [6.07, 6.45) is 0. The highest BCUT2D eigenvalue weighted by Gasteiger charge is 2.32. The fourth-order valence-corrected chi connectivity index (χ4v) is 3.60. The van der Waals surface area contributed by atoms with Crippen molar-refractivity contribution in [2.24, 2.45) is 5.73 Å². The van der Waals surface area contributed by atoms with Crippen LogP contribution in [0, 0.1) is 11.6 Å². The van der Waals surface area contributed by atoms with Crippen LogP contribution in [0.25, 0.3) is 0 Å². The van der Waals surface area contributed by atoms with Crippen molar-refractivity contribution in [1.29, 1.82) is 0 Å².